The van der Waals surface area contributed by atoms with Gasteiger partial charge in [-0.3, -0.25) is 4.79 Å². The molecular weight excluding hydrogens is 274 g/mol. The molecule has 1 N–H and O–H groups in total. The Bertz CT molecular complexity index is 426. The first-order valence-corrected chi connectivity index (χ1v) is 8.08. The molecule has 1 aromatic rings. The van der Waals surface area contributed by atoms with Crippen LogP contribution in [0, 0.1) is 0 Å². The normalized spacial score (nSPS) is 22.8. The Morgan fingerprint density at radius 3 is 2.85 bits per heavy atom. The van der Waals surface area contributed by atoms with Gasteiger partial charge in [0.1, 0.15) is 6.10 Å². The summed E-state index contributed by atoms with van der Waals surface area (Å²) in [6, 6.07) is 9.61. The van der Waals surface area contributed by atoms with E-state index in [0.717, 1.165) is 11.3 Å². The van der Waals surface area contributed by atoms with E-state index in [1.165, 1.54) is 0 Å². The summed E-state index contributed by atoms with van der Waals surface area (Å²) in [6.07, 6.45) is -0.346. The molecule has 1 amide bonds. The van der Waals surface area contributed by atoms with E-state index in [1.807, 2.05) is 42.2 Å². The minimum atomic E-state index is -0.346. The molecule has 1 aliphatic heterocycles. The van der Waals surface area contributed by atoms with Gasteiger partial charge in [-0.25, -0.2) is 0 Å². The molecule has 0 aromatic heterocycles. The third kappa shape index (κ3) is 3.53. The van der Waals surface area contributed by atoms with E-state index in [4.69, 9.17) is 4.74 Å². The van der Waals surface area contributed by atoms with Crippen LogP contribution in [0.1, 0.15) is 18.5 Å². The monoisotopic (exact) mass is 295 g/mol. The topological polar surface area (TPSA) is 49.8 Å². The number of rotatable bonds is 5. The molecular formula is C15H21NO3S. The second-order valence-electron chi connectivity index (χ2n) is 4.67. The van der Waals surface area contributed by atoms with Gasteiger partial charge in [0.15, 0.2) is 0 Å². The number of hydrogen-bond donors (Lipinski definition) is 1. The fourth-order valence-electron chi connectivity index (χ4n) is 2.48. The number of ether oxygens (including phenoxy) is 1. The van der Waals surface area contributed by atoms with Crippen molar-refractivity contribution in [2.24, 2.45) is 0 Å². The lowest BCUT2D eigenvalue weighted by Gasteiger charge is -2.41. The van der Waals surface area contributed by atoms with Crippen molar-refractivity contribution in [1.29, 1.82) is 0 Å². The van der Waals surface area contributed by atoms with E-state index < -0.39 is 0 Å². The van der Waals surface area contributed by atoms with Gasteiger partial charge in [-0.1, -0.05) is 37.3 Å². The number of aliphatic hydroxyl groups is 1. The van der Waals surface area contributed by atoms with Crippen LogP contribution in [-0.2, 0) is 9.53 Å². The lowest BCUT2D eigenvalue weighted by Crippen LogP contribution is -2.50. The maximum atomic E-state index is 12.4. The van der Waals surface area contributed by atoms with Crippen molar-refractivity contribution in [3.8, 4) is 0 Å². The van der Waals surface area contributed by atoms with Gasteiger partial charge < -0.3 is 14.7 Å². The fraction of sp³-hybridized carbons (Fsp3) is 0.533. The molecule has 1 fully saturated rings. The van der Waals surface area contributed by atoms with Gasteiger partial charge in [0.05, 0.1) is 25.0 Å². The average molecular weight is 295 g/mol. The number of thioether (sulfide) groups is 1. The molecule has 0 spiro atoms. The first kappa shape index (κ1) is 15.4. The molecule has 1 saturated heterocycles. The molecule has 2 atom stereocenters. The number of hydrogen-bond acceptors (Lipinski definition) is 4. The van der Waals surface area contributed by atoms with Gasteiger partial charge in [-0.05, 0) is 11.3 Å². The third-order valence-corrected chi connectivity index (χ3v) is 4.28. The van der Waals surface area contributed by atoms with Crippen LogP contribution in [0.3, 0.4) is 0 Å². The number of morpholine rings is 1. The highest BCUT2D eigenvalue weighted by atomic mass is 32.2. The lowest BCUT2D eigenvalue weighted by molar-refractivity contribution is -0.147. The van der Waals surface area contributed by atoms with Gasteiger partial charge in [0, 0.05) is 6.54 Å². The van der Waals surface area contributed by atoms with Gasteiger partial charge in [0.25, 0.3) is 0 Å². The molecule has 1 aromatic carbocycles. The van der Waals surface area contributed by atoms with E-state index in [9.17, 15) is 9.90 Å². The molecule has 5 heteroatoms. The lowest BCUT2D eigenvalue weighted by atomic mass is 9.98. The summed E-state index contributed by atoms with van der Waals surface area (Å²) in [5.41, 5.74) is 1.01. The average Bonchev–Trinajstić information content (AvgIpc) is 2.52. The van der Waals surface area contributed by atoms with Crippen molar-refractivity contribution < 1.29 is 14.6 Å². The molecule has 0 saturated carbocycles. The van der Waals surface area contributed by atoms with Crippen molar-refractivity contribution >= 4 is 17.7 Å². The largest absolute Gasteiger partial charge is 0.394 e. The zero-order valence-corrected chi connectivity index (χ0v) is 12.5. The van der Waals surface area contributed by atoms with Gasteiger partial charge >= 0.3 is 0 Å². The van der Waals surface area contributed by atoms with Crippen LogP contribution in [0.25, 0.3) is 0 Å². The van der Waals surface area contributed by atoms with E-state index in [-0.39, 0.29) is 24.7 Å². The zero-order valence-electron chi connectivity index (χ0n) is 11.7. The van der Waals surface area contributed by atoms with Crippen LogP contribution in [0.15, 0.2) is 30.3 Å². The molecule has 0 bridgehead atoms. The van der Waals surface area contributed by atoms with Gasteiger partial charge in [-0.15, -0.1) is 0 Å². The van der Waals surface area contributed by atoms with Crippen molar-refractivity contribution in [1.82, 2.24) is 4.90 Å². The van der Waals surface area contributed by atoms with Crippen LogP contribution < -0.4 is 0 Å². The Balaban J connectivity index is 2.21. The van der Waals surface area contributed by atoms with Crippen molar-refractivity contribution in [3.05, 3.63) is 35.9 Å². The second-order valence-corrected chi connectivity index (χ2v) is 5.95. The Labute approximate surface area is 124 Å². The predicted octanol–water partition coefficient (Wildman–Crippen LogP) is 1.70. The van der Waals surface area contributed by atoms with E-state index >= 15 is 0 Å². The molecule has 2 rings (SSSR count). The van der Waals surface area contributed by atoms with Crippen molar-refractivity contribution in [2.45, 2.75) is 19.1 Å². The highest BCUT2D eigenvalue weighted by molar-refractivity contribution is 7.99. The summed E-state index contributed by atoms with van der Waals surface area (Å²) in [6.45, 7) is 3.03. The molecule has 1 heterocycles. The van der Waals surface area contributed by atoms with Gasteiger partial charge in [-0.2, -0.15) is 11.8 Å². The Morgan fingerprint density at radius 1 is 1.45 bits per heavy atom. The van der Waals surface area contributed by atoms with Crippen LogP contribution in [-0.4, -0.2) is 53.3 Å². The molecule has 1 aliphatic rings. The number of carbonyl (C=O) groups excluding carboxylic acids is 1. The third-order valence-electron chi connectivity index (χ3n) is 3.42. The van der Waals surface area contributed by atoms with Gasteiger partial charge in [0.2, 0.25) is 5.91 Å². The summed E-state index contributed by atoms with van der Waals surface area (Å²) in [4.78, 5) is 14.2. The summed E-state index contributed by atoms with van der Waals surface area (Å²) in [7, 11) is 0. The first-order valence-electron chi connectivity index (χ1n) is 6.92. The molecule has 110 valence electrons. The molecule has 0 radical (unpaired) electrons. The minimum absolute atomic E-state index is 0.0791. The van der Waals surface area contributed by atoms with Crippen LogP contribution in [0.4, 0.5) is 0 Å². The zero-order chi connectivity index (χ0) is 14.4. The van der Waals surface area contributed by atoms with Crippen LogP contribution in [0.2, 0.25) is 0 Å². The smallest absolute Gasteiger partial charge is 0.233 e. The SMILES string of the molecule is CCSCC(=O)N1CCO[C@H](CO)[C@H]1c1ccccc1. The fourth-order valence-corrected chi connectivity index (χ4v) is 3.03. The molecule has 4 nitrogen and oxygen atoms in total. The Hall–Kier alpha value is -1.04. The molecule has 20 heavy (non-hydrogen) atoms. The Morgan fingerprint density at radius 2 is 2.20 bits per heavy atom. The summed E-state index contributed by atoms with van der Waals surface area (Å²) >= 11 is 1.62. The van der Waals surface area contributed by atoms with E-state index in [2.05, 4.69) is 0 Å². The van der Waals surface area contributed by atoms with E-state index in [1.54, 1.807) is 11.8 Å². The Kier molecular flexibility index (Phi) is 5.88. The molecule has 0 aliphatic carbocycles. The summed E-state index contributed by atoms with van der Waals surface area (Å²) in [5.74, 6) is 1.53. The summed E-state index contributed by atoms with van der Waals surface area (Å²) in [5, 5.41) is 9.53. The number of carbonyl (C=O) groups is 1. The first-order chi connectivity index (χ1) is 9.77. The van der Waals surface area contributed by atoms with E-state index in [0.29, 0.717) is 18.9 Å². The van der Waals surface area contributed by atoms with Crippen molar-refractivity contribution in [3.63, 3.8) is 0 Å². The predicted molar refractivity (Wildman–Crippen MR) is 80.7 cm³/mol. The second kappa shape index (κ2) is 7.67. The van der Waals surface area contributed by atoms with Crippen LogP contribution >= 0.6 is 11.8 Å². The minimum Gasteiger partial charge on any atom is -0.394 e. The number of aliphatic hydroxyl groups excluding tert-OH is 1. The maximum Gasteiger partial charge on any atom is 0.233 e. The number of amides is 1. The molecule has 0 unspecified atom stereocenters. The highest BCUT2D eigenvalue weighted by Gasteiger charge is 2.35. The number of nitrogens with zero attached hydrogens (tertiary/aromatic N) is 1. The van der Waals surface area contributed by atoms with Crippen LogP contribution in [0.5, 0.6) is 0 Å². The quantitative estimate of drug-likeness (QED) is 0.898. The number of benzene rings is 1. The highest BCUT2D eigenvalue weighted by Crippen LogP contribution is 2.29. The standard InChI is InChI=1S/C15H21NO3S/c1-2-20-11-14(18)16-8-9-19-13(10-17)15(16)12-6-4-3-5-7-12/h3-7,13,15,17H,2,8-11H2,1H3/t13-,15-/m1/s1. The van der Waals surface area contributed by atoms with Crippen molar-refractivity contribution in [2.75, 3.05) is 31.3 Å². The summed E-state index contributed by atoms with van der Waals surface area (Å²) < 4.78 is 5.63. The maximum absolute atomic E-state index is 12.4.